The number of benzene rings is 1. The molecule has 1 aromatic carbocycles. The lowest BCUT2D eigenvalue weighted by molar-refractivity contribution is -0.121. The Labute approximate surface area is 91.8 Å². The molecule has 2 amide bonds. The quantitative estimate of drug-likeness (QED) is 0.630. The van der Waals surface area contributed by atoms with Crippen LogP contribution in [0.3, 0.4) is 0 Å². The second kappa shape index (κ2) is 5.82. The van der Waals surface area contributed by atoms with E-state index in [9.17, 15) is 14.0 Å². The molecule has 1 aromatic rings. The summed E-state index contributed by atoms with van der Waals surface area (Å²) in [6, 6.07) is 5.15. The number of amides is 2. The lowest BCUT2D eigenvalue weighted by Gasteiger charge is -2.06. The fourth-order valence-electron chi connectivity index (χ4n) is 1.02. The first-order valence-electron chi connectivity index (χ1n) is 4.68. The molecule has 0 unspecified atom stereocenters. The average molecular weight is 225 g/mol. The molecule has 1 rings (SSSR count). The minimum Gasteiger partial charge on any atom is -0.330 e. The SMILES string of the molecule is NCCC(=O)NNC(=O)c1cccc(F)c1. The van der Waals surface area contributed by atoms with E-state index in [1.807, 2.05) is 0 Å². The molecule has 0 spiro atoms. The Morgan fingerprint density at radius 3 is 2.69 bits per heavy atom. The van der Waals surface area contributed by atoms with Gasteiger partial charge in [0, 0.05) is 18.5 Å². The van der Waals surface area contributed by atoms with Crippen molar-refractivity contribution in [2.75, 3.05) is 6.54 Å². The largest absolute Gasteiger partial charge is 0.330 e. The summed E-state index contributed by atoms with van der Waals surface area (Å²) in [5.74, 6) is -1.49. The van der Waals surface area contributed by atoms with E-state index in [4.69, 9.17) is 5.73 Å². The molecule has 86 valence electrons. The Morgan fingerprint density at radius 1 is 1.31 bits per heavy atom. The first kappa shape index (κ1) is 12.1. The summed E-state index contributed by atoms with van der Waals surface area (Å²) in [7, 11) is 0. The second-order valence-corrected chi connectivity index (χ2v) is 3.05. The summed E-state index contributed by atoms with van der Waals surface area (Å²) >= 11 is 0. The molecule has 0 saturated carbocycles. The molecular weight excluding hydrogens is 213 g/mol. The molecule has 0 aliphatic carbocycles. The third-order valence-corrected chi connectivity index (χ3v) is 1.77. The number of hydrogen-bond acceptors (Lipinski definition) is 3. The van der Waals surface area contributed by atoms with Gasteiger partial charge in [0.1, 0.15) is 5.82 Å². The van der Waals surface area contributed by atoms with Gasteiger partial charge in [-0.3, -0.25) is 20.4 Å². The van der Waals surface area contributed by atoms with E-state index in [1.54, 1.807) is 0 Å². The molecule has 4 N–H and O–H groups in total. The van der Waals surface area contributed by atoms with Crippen LogP contribution in [0.4, 0.5) is 4.39 Å². The van der Waals surface area contributed by atoms with Gasteiger partial charge in [0.05, 0.1) is 0 Å². The highest BCUT2D eigenvalue weighted by Crippen LogP contribution is 2.02. The van der Waals surface area contributed by atoms with E-state index in [1.165, 1.54) is 18.2 Å². The lowest BCUT2D eigenvalue weighted by Crippen LogP contribution is -2.42. The minimum absolute atomic E-state index is 0.115. The van der Waals surface area contributed by atoms with Crippen LogP contribution < -0.4 is 16.6 Å². The van der Waals surface area contributed by atoms with Crippen LogP contribution in [0.25, 0.3) is 0 Å². The summed E-state index contributed by atoms with van der Waals surface area (Å²) in [6.45, 7) is 0.196. The molecule has 6 heteroatoms. The number of hydrazine groups is 1. The minimum atomic E-state index is -0.579. The zero-order valence-corrected chi connectivity index (χ0v) is 8.50. The van der Waals surface area contributed by atoms with Gasteiger partial charge in [0.2, 0.25) is 5.91 Å². The summed E-state index contributed by atoms with van der Waals surface area (Å²) in [5.41, 5.74) is 9.59. The first-order valence-corrected chi connectivity index (χ1v) is 4.68. The van der Waals surface area contributed by atoms with Crippen molar-refractivity contribution in [1.29, 1.82) is 0 Å². The van der Waals surface area contributed by atoms with Crippen LogP contribution in [0, 0.1) is 5.82 Å². The van der Waals surface area contributed by atoms with Gasteiger partial charge in [-0.1, -0.05) is 6.07 Å². The lowest BCUT2D eigenvalue weighted by atomic mass is 10.2. The summed E-state index contributed by atoms with van der Waals surface area (Å²) in [6.07, 6.45) is 0.115. The normalized spacial score (nSPS) is 9.62. The predicted octanol–water partition coefficient (Wildman–Crippen LogP) is -0.0645. The van der Waals surface area contributed by atoms with E-state index in [0.29, 0.717) is 0 Å². The van der Waals surface area contributed by atoms with Crippen molar-refractivity contribution in [3.05, 3.63) is 35.6 Å². The van der Waals surface area contributed by atoms with Crippen molar-refractivity contribution in [2.24, 2.45) is 5.73 Å². The topological polar surface area (TPSA) is 84.2 Å². The highest BCUT2D eigenvalue weighted by Gasteiger charge is 2.07. The number of nitrogens with one attached hydrogen (secondary N) is 2. The maximum atomic E-state index is 12.8. The Hall–Kier alpha value is -1.95. The molecule has 0 fully saturated rings. The smallest absolute Gasteiger partial charge is 0.269 e. The highest BCUT2D eigenvalue weighted by atomic mass is 19.1. The first-order chi connectivity index (χ1) is 7.63. The van der Waals surface area contributed by atoms with Crippen molar-refractivity contribution in [1.82, 2.24) is 10.9 Å². The van der Waals surface area contributed by atoms with Crippen LogP contribution in [-0.2, 0) is 4.79 Å². The van der Waals surface area contributed by atoms with Gasteiger partial charge in [-0.15, -0.1) is 0 Å². The Kier molecular flexibility index (Phi) is 4.41. The number of hydrogen-bond donors (Lipinski definition) is 3. The Balaban J connectivity index is 2.50. The molecule has 0 heterocycles. The molecule has 0 atom stereocenters. The van der Waals surface area contributed by atoms with E-state index in [-0.39, 0.29) is 18.5 Å². The van der Waals surface area contributed by atoms with Crippen LogP contribution in [0.15, 0.2) is 24.3 Å². The molecular formula is C10H12FN3O2. The summed E-state index contributed by atoms with van der Waals surface area (Å²) in [4.78, 5) is 22.3. The van der Waals surface area contributed by atoms with Gasteiger partial charge in [-0.25, -0.2) is 4.39 Å². The monoisotopic (exact) mass is 225 g/mol. The van der Waals surface area contributed by atoms with Crippen molar-refractivity contribution >= 4 is 11.8 Å². The highest BCUT2D eigenvalue weighted by molar-refractivity contribution is 5.95. The fraction of sp³-hybridized carbons (Fsp3) is 0.200. The van der Waals surface area contributed by atoms with E-state index < -0.39 is 17.6 Å². The van der Waals surface area contributed by atoms with Gasteiger partial charge in [0.15, 0.2) is 0 Å². The molecule has 0 aliphatic heterocycles. The summed E-state index contributed by atoms with van der Waals surface area (Å²) in [5, 5.41) is 0. The van der Waals surface area contributed by atoms with Gasteiger partial charge in [-0.05, 0) is 18.2 Å². The predicted molar refractivity (Wildman–Crippen MR) is 55.7 cm³/mol. The van der Waals surface area contributed by atoms with E-state index in [0.717, 1.165) is 6.07 Å². The molecule has 0 aliphatic rings. The maximum Gasteiger partial charge on any atom is 0.269 e. The van der Waals surface area contributed by atoms with Crippen molar-refractivity contribution in [3.63, 3.8) is 0 Å². The van der Waals surface area contributed by atoms with Crippen molar-refractivity contribution in [3.8, 4) is 0 Å². The van der Waals surface area contributed by atoms with Gasteiger partial charge >= 0.3 is 0 Å². The van der Waals surface area contributed by atoms with Gasteiger partial charge < -0.3 is 5.73 Å². The van der Waals surface area contributed by atoms with Gasteiger partial charge in [0.25, 0.3) is 5.91 Å². The van der Waals surface area contributed by atoms with Gasteiger partial charge in [-0.2, -0.15) is 0 Å². The van der Waals surface area contributed by atoms with E-state index >= 15 is 0 Å². The number of nitrogens with two attached hydrogens (primary N) is 1. The molecule has 16 heavy (non-hydrogen) atoms. The fourth-order valence-corrected chi connectivity index (χ4v) is 1.02. The molecule has 0 bridgehead atoms. The zero-order valence-electron chi connectivity index (χ0n) is 8.50. The second-order valence-electron chi connectivity index (χ2n) is 3.05. The Bertz CT molecular complexity index is 395. The average Bonchev–Trinajstić information content (AvgIpc) is 2.26. The number of halogens is 1. The van der Waals surface area contributed by atoms with Crippen LogP contribution in [0.1, 0.15) is 16.8 Å². The number of carbonyl (C=O) groups is 2. The zero-order chi connectivity index (χ0) is 12.0. The molecule has 0 aromatic heterocycles. The van der Waals surface area contributed by atoms with Crippen LogP contribution in [0.2, 0.25) is 0 Å². The number of carbonyl (C=O) groups excluding carboxylic acids is 2. The van der Waals surface area contributed by atoms with Crippen LogP contribution in [0.5, 0.6) is 0 Å². The molecule has 5 nitrogen and oxygen atoms in total. The third kappa shape index (κ3) is 3.66. The van der Waals surface area contributed by atoms with E-state index in [2.05, 4.69) is 10.9 Å². The van der Waals surface area contributed by atoms with Crippen molar-refractivity contribution in [2.45, 2.75) is 6.42 Å². The standard InChI is InChI=1S/C10H12FN3O2/c11-8-3-1-2-7(6-8)10(16)14-13-9(15)4-5-12/h1-3,6H,4-5,12H2,(H,13,15)(H,14,16). The van der Waals surface area contributed by atoms with Crippen LogP contribution >= 0.6 is 0 Å². The third-order valence-electron chi connectivity index (χ3n) is 1.77. The molecule has 0 radical (unpaired) electrons. The van der Waals surface area contributed by atoms with Crippen molar-refractivity contribution < 1.29 is 14.0 Å². The van der Waals surface area contributed by atoms with Crippen LogP contribution in [-0.4, -0.2) is 18.4 Å². The summed E-state index contributed by atoms with van der Waals surface area (Å²) < 4.78 is 12.8. The Morgan fingerprint density at radius 2 is 2.06 bits per heavy atom. The maximum absolute atomic E-state index is 12.8. The number of rotatable bonds is 3. The molecule has 0 saturated heterocycles.